The number of anilines is 1. The van der Waals surface area contributed by atoms with E-state index in [0.29, 0.717) is 28.1 Å². The molecule has 4 aliphatic rings. The van der Waals surface area contributed by atoms with Crippen LogP contribution in [0.4, 0.5) is 5.69 Å². The van der Waals surface area contributed by atoms with Gasteiger partial charge in [0.2, 0.25) is 11.8 Å². The van der Waals surface area contributed by atoms with Crippen molar-refractivity contribution in [3.63, 3.8) is 0 Å². The van der Waals surface area contributed by atoms with Crippen molar-refractivity contribution in [1.29, 1.82) is 0 Å². The van der Waals surface area contributed by atoms with Crippen molar-refractivity contribution in [2.45, 2.75) is 28.5 Å². The fourth-order valence-corrected chi connectivity index (χ4v) is 9.18. The number of hydrogen-bond acceptors (Lipinski definition) is 7. The summed E-state index contributed by atoms with van der Waals surface area (Å²) in [5, 5.41) is 11.2. The average Bonchev–Trinajstić information content (AvgIpc) is 3.42. The number of alkyl halides is 3. The molecular formula is C35H27BrCl2N2O7. The molecule has 0 spiro atoms. The fraction of sp³-hybridized carbons (Fsp3) is 0.286. The summed E-state index contributed by atoms with van der Waals surface area (Å²) in [6.45, 7) is 0. The molecule has 2 heterocycles. The molecule has 0 bridgehead atoms. The van der Waals surface area contributed by atoms with E-state index in [1.54, 1.807) is 66.7 Å². The van der Waals surface area contributed by atoms with Crippen molar-refractivity contribution in [2.24, 2.45) is 17.8 Å². The first-order valence-electron chi connectivity index (χ1n) is 14.9. The first-order valence-corrected chi connectivity index (χ1v) is 16.8. The molecular weight excluding hydrogens is 711 g/mol. The molecule has 47 heavy (non-hydrogen) atoms. The molecule has 3 aromatic rings. The van der Waals surface area contributed by atoms with Gasteiger partial charge in [0.05, 0.1) is 30.1 Å². The van der Waals surface area contributed by atoms with Crippen LogP contribution in [0, 0.1) is 17.8 Å². The Morgan fingerprint density at radius 3 is 2.26 bits per heavy atom. The number of likely N-dealkylation sites (tertiary alicyclic amines) is 1. The number of halogens is 3. The number of amides is 4. The molecule has 2 saturated heterocycles. The lowest BCUT2D eigenvalue weighted by Crippen LogP contribution is -2.60. The summed E-state index contributed by atoms with van der Waals surface area (Å²) in [5.74, 6) is -5.92. The lowest BCUT2D eigenvalue weighted by Gasteiger charge is -2.50. The Morgan fingerprint density at radius 1 is 0.936 bits per heavy atom. The summed E-state index contributed by atoms with van der Waals surface area (Å²) in [5.41, 5.74) is 1.87. The van der Waals surface area contributed by atoms with Crippen LogP contribution < -0.4 is 9.64 Å². The topological polar surface area (TPSA) is 121 Å². The molecule has 7 rings (SSSR count). The zero-order chi connectivity index (χ0) is 33.4. The van der Waals surface area contributed by atoms with Gasteiger partial charge in [-0.3, -0.25) is 33.8 Å². The largest absolute Gasteiger partial charge is 0.508 e. The Balaban J connectivity index is 1.29. The van der Waals surface area contributed by atoms with E-state index in [1.807, 2.05) is 6.07 Å². The van der Waals surface area contributed by atoms with Crippen molar-refractivity contribution in [2.75, 3.05) is 17.5 Å². The van der Waals surface area contributed by atoms with Crippen LogP contribution in [-0.4, -0.2) is 61.7 Å². The fourth-order valence-electron chi connectivity index (χ4n) is 7.77. The van der Waals surface area contributed by atoms with Crippen molar-refractivity contribution in [1.82, 2.24) is 4.90 Å². The number of phenolic OH excluding ortho intramolecular Hbond substituents is 1. The van der Waals surface area contributed by atoms with Gasteiger partial charge in [-0.1, -0.05) is 64.0 Å². The smallest absolute Gasteiger partial charge is 0.254 e. The van der Waals surface area contributed by atoms with Crippen LogP contribution in [0.2, 0.25) is 0 Å². The first kappa shape index (κ1) is 31.6. The highest BCUT2D eigenvalue weighted by molar-refractivity contribution is 9.09. The van der Waals surface area contributed by atoms with Gasteiger partial charge in [-0.15, -0.1) is 23.2 Å². The molecule has 3 aromatic carbocycles. The monoisotopic (exact) mass is 736 g/mol. The number of benzene rings is 3. The number of ether oxygens (including phenoxy) is 1. The number of methoxy groups -OCH3 is 1. The van der Waals surface area contributed by atoms with Crippen molar-refractivity contribution in [3.05, 3.63) is 101 Å². The third-order valence-corrected chi connectivity index (χ3v) is 11.9. The van der Waals surface area contributed by atoms with Gasteiger partial charge in [0.15, 0.2) is 15.5 Å². The number of allylic oxidation sites excluding steroid dienone is 2. The molecule has 3 fully saturated rings. The summed E-state index contributed by atoms with van der Waals surface area (Å²) in [6, 6.07) is 19.6. The molecule has 12 heteroatoms. The van der Waals surface area contributed by atoms with E-state index in [1.165, 1.54) is 13.2 Å². The van der Waals surface area contributed by atoms with Gasteiger partial charge >= 0.3 is 0 Å². The molecule has 2 aliphatic carbocycles. The quantitative estimate of drug-likeness (QED) is 0.116. The number of carbonyl (C=O) groups is 5. The van der Waals surface area contributed by atoms with Gasteiger partial charge in [0.1, 0.15) is 11.5 Å². The van der Waals surface area contributed by atoms with E-state index in [2.05, 4.69) is 15.9 Å². The first-order chi connectivity index (χ1) is 22.5. The van der Waals surface area contributed by atoms with E-state index in [-0.39, 0.29) is 35.4 Å². The molecule has 240 valence electrons. The Morgan fingerprint density at radius 2 is 1.62 bits per heavy atom. The number of hydrogen-bond donors (Lipinski definition) is 1. The third kappa shape index (κ3) is 4.37. The molecule has 1 saturated carbocycles. The molecule has 4 amide bonds. The molecule has 0 unspecified atom stereocenters. The number of imide groups is 2. The minimum atomic E-state index is -2.03. The maximum atomic E-state index is 14.3. The molecule has 0 aromatic heterocycles. The minimum Gasteiger partial charge on any atom is -0.508 e. The Bertz CT molecular complexity index is 1900. The third-order valence-electron chi connectivity index (χ3n) is 9.99. The van der Waals surface area contributed by atoms with E-state index < -0.39 is 57.0 Å². The van der Waals surface area contributed by atoms with Crippen molar-refractivity contribution >= 4 is 74.2 Å². The van der Waals surface area contributed by atoms with Gasteiger partial charge in [-0.25, -0.2) is 0 Å². The molecule has 6 atom stereocenters. The van der Waals surface area contributed by atoms with Crippen LogP contribution in [-0.2, 0) is 19.2 Å². The number of carbonyl (C=O) groups excluding carboxylic acids is 5. The van der Waals surface area contributed by atoms with Crippen LogP contribution in [0.5, 0.6) is 11.5 Å². The summed E-state index contributed by atoms with van der Waals surface area (Å²) in [4.78, 5) is 66.9. The zero-order valence-electron chi connectivity index (χ0n) is 24.9. The number of phenols is 1. The maximum absolute atomic E-state index is 14.3. The molecule has 2 aliphatic heterocycles. The van der Waals surface area contributed by atoms with E-state index >= 15 is 0 Å². The van der Waals surface area contributed by atoms with Crippen LogP contribution in [0.25, 0.3) is 0 Å². The number of ketones is 1. The summed E-state index contributed by atoms with van der Waals surface area (Å²) >= 11 is 17.7. The minimum absolute atomic E-state index is 0.154. The summed E-state index contributed by atoms with van der Waals surface area (Å²) in [7, 11) is 1.44. The van der Waals surface area contributed by atoms with Gasteiger partial charge in [0, 0.05) is 28.7 Å². The van der Waals surface area contributed by atoms with Crippen LogP contribution in [0.3, 0.4) is 0 Å². The van der Waals surface area contributed by atoms with E-state index in [4.69, 9.17) is 27.9 Å². The number of aromatic hydroxyl groups is 1. The number of fused-ring (bicyclic) bond motifs is 4. The summed E-state index contributed by atoms with van der Waals surface area (Å²) in [6.07, 6.45) is 1.79. The highest BCUT2D eigenvalue weighted by Gasteiger charge is 2.76. The maximum Gasteiger partial charge on any atom is 0.254 e. The van der Waals surface area contributed by atoms with Crippen LogP contribution in [0.1, 0.15) is 40.2 Å². The predicted molar refractivity (Wildman–Crippen MR) is 177 cm³/mol. The second-order valence-electron chi connectivity index (χ2n) is 12.2. The second-order valence-corrected chi connectivity index (χ2v) is 13.9. The molecule has 9 nitrogen and oxygen atoms in total. The van der Waals surface area contributed by atoms with Gasteiger partial charge in [-0.05, 0) is 49.1 Å². The second kappa shape index (κ2) is 11.3. The van der Waals surface area contributed by atoms with E-state index in [9.17, 15) is 29.1 Å². The number of rotatable bonds is 6. The lowest BCUT2D eigenvalue weighted by atomic mass is 9.56. The summed E-state index contributed by atoms with van der Waals surface area (Å²) < 4.78 is 5.25. The molecule has 1 N–H and O–H groups in total. The predicted octanol–water partition coefficient (Wildman–Crippen LogP) is 5.55. The Kier molecular flexibility index (Phi) is 7.61. The number of nitrogens with zero attached hydrogens (tertiary/aromatic N) is 2. The zero-order valence-corrected chi connectivity index (χ0v) is 28.0. The standard InChI is InChI=1S/C35H27BrCl2N2O7/c1-47-21-11-12-23(26(41)15-21)28-22-13-14-24-27(25(22)16-34(37)32(45)39(17-36)33(46)35(28,34)38)31(44)40(30(24)43)20-9-7-19(8-10-20)29(42)18-5-3-2-4-6-18/h2-13,15,24-25,27-28,41H,14,16-17H2,1H3/t24-,25+,27-,28+,34+,35-/m0/s1. The van der Waals surface area contributed by atoms with Gasteiger partial charge < -0.3 is 9.84 Å². The van der Waals surface area contributed by atoms with Crippen LogP contribution in [0.15, 0.2) is 84.4 Å². The van der Waals surface area contributed by atoms with Gasteiger partial charge in [0.25, 0.3) is 11.8 Å². The molecule has 0 radical (unpaired) electrons. The highest BCUT2D eigenvalue weighted by atomic mass is 79.9. The Hall–Kier alpha value is -3.99. The normalized spacial score (nSPS) is 29.7. The highest BCUT2D eigenvalue weighted by Crippen LogP contribution is 2.66. The SMILES string of the molecule is COc1ccc([C@H]2C3=CC[C@@H]4C(=O)N(c5ccc(C(=O)c6ccccc6)cc5)C(=O)[C@@H]4[C@@H]3C[C@@]3(Cl)C(=O)N(CBr)C(=O)[C@@]23Cl)c(O)c1. The van der Waals surface area contributed by atoms with Gasteiger partial charge in [-0.2, -0.15) is 0 Å². The average molecular weight is 738 g/mol. The Labute approximate surface area is 288 Å². The van der Waals surface area contributed by atoms with Crippen molar-refractivity contribution in [3.8, 4) is 11.5 Å². The van der Waals surface area contributed by atoms with Crippen LogP contribution >= 0.6 is 39.1 Å². The van der Waals surface area contributed by atoms with E-state index in [0.717, 1.165) is 9.80 Å². The van der Waals surface area contributed by atoms with Crippen molar-refractivity contribution < 1.29 is 33.8 Å². The lowest BCUT2D eigenvalue weighted by molar-refractivity contribution is -0.138.